The van der Waals surface area contributed by atoms with E-state index in [9.17, 15) is 18.0 Å². The number of rotatable bonds is 5. The van der Waals surface area contributed by atoms with Gasteiger partial charge in [0.25, 0.3) is 5.91 Å². The van der Waals surface area contributed by atoms with Crippen LogP contribution in [0.2, 0.25) is 0 Å². The summed E-state index contributed by atoms with van der Waals surface area (Å²) >= 11 is 0. The number of aromatic nitrogens is 6. The summed E-state index contributed by atoms with van der Waals surface area (Å²) in [5, 5.41) is 17.5. The van der Waals surface area contributed by atoms with Crippen molar-refractivity contribution in [2.75, 3.05) is 6.54 Å². The molecule has 3 aromatic rings. The average Bonchev–Trinajstić information content (AvgIpc) is 3.17. The molecule has 0 aromatic carbocycles. The number of hydrogen-bond acceptors (Lipinski definition) is 5. The number of carbonyl (C=O) groups is 1. The number of pyridine rings is 1. The van der Waals surface area contributed by atoms with E-state index in [0.717, 1.165) is 10.7 Å². The number of fused-ring (bicyclic) bond motifs is 1. The van der Waals surface area contributed by atoms with Gasteiger partial charge in [-0.1, -0.05) is 6.92 Å². The molecule has 8 nitrogen and oxygen atoms in total. The molecule has 0 spiro atoms. The van der Waals surface area contributed by atoms with Crippen molar-refractivity contribution in [3.8, 4) is 0 Å². The van der Waals surface area contributed by atoms with Gasteiger partial charge in [0.2, 0.25) is 0 Å². The highest BCUT2D eigenvalue weighted by Crippen LogP contribution is 2.30. The molecule has 3 heterocycles. The summed E-state index contributed by atoms with van der Waals surface area (Å²) in [5.74, 6) is -0.613. The number of amides is 1. The number of carbonyl (C=O) groups excluding carboxylic acids is 1. The van der Waals surface area contributed by atoms with Gasteiger partial charge in [0.15, 0.2) is 5.65 Å². The van der Waals surface area contributed by atoms with Crippen LogP contribution in [0.25, 0.3) is 5.65 Å². The Balaban J connectivity index is 1.62. The van der Waals surface area contributed by atoms with Crippen molar-refractivity contribution in [2.24, 2.45) is 5.92 Å². The first-order chi connectivity index (χ1) is 12.2. The summed E-state index contributed by atoms with van der Waals surface area (Å²) in [6, 6.07) is 4.18. The second-order valence-corrected chi connectivity index (χ2v) is 6.07. The molecule has 0 saturated heterocycles. The number of nitrogens with one attached hydrogen (secondary N) is 1. The zero-order chi connectivity index (χ0) is 18.9. The molecular formula is C15H16F3N7O. The van der Waals surface area contributed by atoms with Crippen molar-refractivity contribution in [3.63, 3.8) is 0 Å². The van der Waals surface area contributed by atoms with Gasteiger partial charge in [-0.25, -0.2) is 0 Å². The molecule has 138 valence electrons. The van der Waals surface area contributed by atoms with Crippen LogP contribution < -0.4 is 5.32 Å². The maximum absolute atomic E-state index is 13.0. The number of tetrazole rings is 1. The Morgan fingerprint density at radius 1 is 1.35 bits per heavy atom. The average molecular weight is 367 g/mol. The third-order valence-corrected chi connectivity index (χ3v) is 3.74. The van der Waals surface area contributed by atoms with Crippen molar-refractivity contribution in [3.05, 3.63) is 41.3 Å². The van der Waals surface area contributed by atoms with E-state index in [4.69, 9.17) is 0 Å². The molecule has 1 amide bonds. The van der Waals surface area contributed by atoms with Gasteiger partial charge >= 0.3 is 6.18 Å². The fourth-order valence-corrected chi connectivity index (χ4v) is 2.52. The van der Waals surface area contributed by atoms with E-state index >= 15 is 0 Å². The quantitative estimate of drug-likeness (QED) is 0.742. The molecule has 0 aliphatic rings. The number of halogens is 3. The van der Waals surface area contributed by atoms with Crippen LogP contribution >= 0.6 is 0 Å². The lowest BCUT2D eigenvalue weighted by Gasteiger charge is -2.16. The minimum absolute atomic E-state index is 0.0367. The molecule has 1 atom stereocenters. The monoisotopic (exact) mass is 367 g/mol. The van der Waals surface area contributed by atoms with Gasteiger partial charge in [0, 0.05) is 19.3 Å². The van der Waals surface area contributed by atoms with E-state index in [1.165, 1.54) is 17.6 Å². The van der Waals surface area contributed by atoms with Crippen molar-refractivity contribution in [2.45, 2.75) is 26.6 Å². The molecule has 0 unspecified atom stereocenters. The summed E-state index contributed by atoms with van der Waals surface area (Å²) in [5.41, 5.74) is 0.354. The lowest BCUT2D eigenvalue weighted by molar-refractivity contribution is -0.144. The largest absolute Gasteiger partial charge is 0.433 e. The number of aryl methyl sites for hydroxylation is 1. The highest BCUT2D eigenvalue weighted by atomic mass is 19.4. The molecule has 26 heavy (non-hydrogen) atoms. The molecule has 0 radical (unpaired) electrons. The highest BCUT2D eigenvalue weighted by molar-refractivity contribution is 5.94. The van der Waals surface area contributed by atoms with E-state index < -0.39 is 11.9 Å². The van der Waals surface area contributed by atoms with Crippen LogP contribution in [0.1, 0.15) is 28.7 Å². The fourth-order valence-electron chi connectivity index (χ4n) is 2.52. The van der Waals surface area contributed by atoms with E-state index in [0.29, 0.717) is 16.9 Å². The molecule has 0 aliphatic heterocycles. The van der Waals surface area contributed by atoms with E-state index in [-0.39, 0.29) is 24.9 Å². The van der Waals surface area contributed by atoms with Crippen molar-refractivity contribution in [1.82, 2.24) is 35.1 Å². The van der Waals surface area contributed by atoms with Gasteiger partial charge in [-0.15, -0.1) is 5.10 Å². The number of nitrogens with zero attached hydrogens (tertiary/aromatic N) is 6. The van der Waals surface area contributed by atoms with Crippen molar-refractivity contribution < 1.29 is 18.0 Å². The third-order valence-electron chi connectivity index (χ3n) is 3.74. The first-order valence-corrected chi connectivity index (χ1v) is 7.81. The Morgan fingerprint density at radius 2 is 2.12 bits per heavy atom. The topological polar surface area (TPSA) is 90.0 Å². The van der Waals surface area contributed by atoms with E-state index in [1.807, 2.05) is 0 Å². The van der Waals surface area contributed by atoms with Crippen LogP contribution in [-0.2, 0) is 12.7 Å². The summed E-state index contributed by atoms with van der Waals surface area (Å²) in [6.45, 7) is 3.48. The smallest absolute Gasteiger partial charge is 0.352 e. The van der Waals surface area contributed by atoms with Crippen LogP contribution in [0.4, 0.5) is 13.2 Å². The zero-order valence-corrected chi connectivity index (χ0v) is 14.0. The predicted octanol–water partition coefficient (Wildman–Crippen LogP) is 1.71. The molecule has 3 rings (SSSR count). The molecular weight excluding hydrogens is 351 g/mol. The lowest BCUT2D eigenvalue weighted by Crippen LogP contribution is -2.31. The Labute approximate surface area is 146 Å². The molecule has 0 bridgehead atoms. The molecule has 11 heteroatoms. The summed E-state index contributed by atoms with van der Waals surface area (Å²) in [7, 11) is 0. The normalized spacial score (nSPS) is 13.1. The summed E-state index contributed by atoms with van der Waals surface area (Å²) in [6.07, 6.45) is -2.99. The molecule has 0 fully saturated rings. The Bertz CT molecular complexity index is 931. The summed E-state index contributed by atoms with van der Waals surface area (Å²) in [4.78, 5) is 12.2. The highest BCUT2D eigenvalue weighted by Gasteiger charge is 2.35. The van der Waals surface area contributed by atoms with Crippen LogP contribution in [-0.4, -0.2) is 42.3 Å². The maximum Gasteiger partial charge on any atom is 0.433 e. The van der Waals surface area contributed by atoms with Crippen LogP contribution in [0.3, 0.4) is 0 Å². The van der Waals surface area contributed by atoms with Crippen LogP contribution in [0.15, 0.2) is 24.4 Å². The number of alkyl halides is 3. The first-order valence-electron chi connectivity index (χ1n) is 7.81. The fraction of sp³-hybridized carbons (Fsp3) is 0.400. The van der Waals surface area contributed by atoms with Gasteiger partial charge < -0.3 is 5.32 Å². The first kappa shape index (κ1) is 17.8. The minimum atomic E-state index is -4.47. The SMILES string of the molecule is Cc1cc(C(F)(F)F)n(C[C@H](C)CNC(=O)c2ccc3nnnn3c2)n1. The van der Waals surface area contributed by atoms with Gasteiger partial charge in [-0.3, -0.25) is 9.48 Å². The van der Waals surface area contributed by atoms with Crippen LogP contribution in [0.5, 0.6) is 0 Å². The third kappa shape index (κ3) is 3.81. The van der Waals surface area contributed by atoms with E-state index in [2.05, 4.69) is 25.9 Å². The molecule has 1 N–H and O–H groups in total. The van der Waals surface area contributed by atoms with Crippen LogP contribution in [0, 0.1) is 12.8 Å². The summed E-state index contributed by atoms with van der Waals surface area (Å²) < 4.78 is 41.3. The Hall–Kier alpha value is -2.98. The molecule has 0 saturated carbocycles. The standard InChI is InChI=1S/C15H16F3N7O/c1-9(7-24-12(15(16,17)18)5-10(2)21-24)6-19-14(26)11-3-4-13-20-22-23-25(13)8-11/h3-5,8-9H,6-7H2,1-2H3,(H,19,26)/t9-/m1/s1. The van der Waals surface area contributed by atoms with Gasteiger partial charge in [-0.2, -0.15) is 22.8 Å². The Morgan fingerprint density at radius 3 is 2.85 bits per heavy atom. The maximum atomic E-state index is 13.0. The zero-order valence-electron chi connectivity index (χ0n) is 14.0. The molecule has 0 aliphatic carbocycles. The Kier molecular flexibility index (Phi) is 4.62. The predicted molar refractivity (Wildman–Crippen MR) is 84.2 cm³/mol. The van der Waals surface area contributed by atoms with Crippen molar-refractivity contribution >= 4 is 11.6 Å². The van der Waals surface area contributed by atoms with Gasteiger partial charge in [0.05, 0.1) is 11.3 Å². The number of hydrogen-bond donors (Lipinski definition) is 1. The van der Waals surface area contributed by atoms with Gasteiger partial charge in [-0.05, 0) is 41.5 Å². The molecule has 3 aromatic heterocycles. The minimum Gasteiger partial charge on any atom is -0.352 e. The lowest BCUT2D eigenvalue weighted by atomic mass is 10.1. The van der Waals surface area contributed by atoms with Gasteiger partial charge in [0.1, 0.15) is 5.69 Å². The second-order valence-electron chi connectivity index (χ2n) is 6.07. The second kappa shape index (κ2) is 6.73. The van der Waals surface area contributed by atoms with E-state index in [1.54, 1.807) is 19.1 Å². The van der Waals surface area contributed by atoms with Crippen molar-refractivity contribution in [1.29, 1.82) is 0 Å².